The molecule has 0 aliphatic carbocycles. The summed E-state index contributed by atoms with van der Waals surface area (Å²) in [5, 5.41) is 0. The van der Waals surface area contributed by atoms with Crippen molar-refractivity contribution < 1.29 is 4.42 Å². The van der Waals surface area contributed by atoms with E-state index in [0.29, 0.717) is 0 Å². The molecule has 2 aromatic rings. The molecule has 3 heterocycles. The number of nitrogens with zero attached hydrogens (tertiary/aromatic N) is 3. The lowest BCUT2D eigenvalue weighted by Gasteiger charge is -2.27. The van der Waals surface area contributed by atoms with Crippen molar-refractivity contribution >= 4 is 15.9 Å². The zero-order valence-corrected chi connectivity index (χ0v) is 13.2. The SMILES string of the molecule is CCCc1ncc2c(n1)CCN(Cc1ccc(Br)o1)C2. The topological polar surface area (TPSA) is 42.2 Å². The van der Waals surface area contributed by atoms with Crippen molar-refractivity contribution in [3.8, 4) is 0 Å². The maximum absolute atomic E-state index is 5.57. The zero-order valence-electron chi connectivity index (χ0n) is 11.6. The van der Waals surface area contributed by atoms with Crippen molar-refractivity contribution in [2.75, 3.05) is 6.54 Å². The highest BCUT2D eigenvalue weighted by Crippen LogP contribution is 2.21. The highest BCUT2D eigenvalue weighted by molar-refractivity contribution is 9.10. The molecule has 2 aromatic heterocycles. The van der Waals surface area contributed by atoms with Crippen LogP contribution in [0.3, 0.4) is 0 Å². The van der Waals surface area contributed by atoms with Crippen LogP contribution >= 0.6 is 15.9 Å². The van der Waals surface area contributed by atoms with Gasteiger partial charge in [0, 0.05) is 43.4 Å². The summed E-state index contributed by atoms with van der Waals surface area (Å²) in [5.74, 6) is 1.97. The smallest absolute Gasteiger partial charge is 0.169 e. The molecule has 0 atom stereocenters. The fourth-order valence-corrected chi connectivity index (χ4v) is 2.89. The van der Waals surface area contributed by atoms with Gasteiger partial charge in [-0.1, -0.05) is 6.92 Å². The normalized spacial score (nSPS) is 15.3. The summed E-state index contributed by atoms with van der Waals surface area (Å²) in [6, 6.07) is 3.95. The van der Waals surface area contributed by atoms with Crippen LogP contribution in [0.5, 0.6) is 0 Å². The van der Waals surface area contributed by atoms with E-state index in [1.54, 1.807) is 0 Å². The van der Waals surface area contributed by atoms with E-state index in [-0.39, 0.29) is 0 Å². The second kappa shape index (κ2) is 6.06. The van der Waals surface area contributed by atoms with Crippen LogP contribution in [0.4, 0.5) is 0 Å². The Labute approximate surface area is 127 Å². The predicted octanol–water partition coefficient (Wildman–Crippen LogP) is 3.34. The van der Waals surface area contributed by atoms with Gasteiger partial charge < -0.3 is 4.42 Å². The van der Waals surface area contributed by atoms with E-state index in [9.17, 15) is 0 Å². The summed E-state index contributed by atoms with van der Waals surface area (Å²) in [6.07, 6.45) is 5.06. The molecule has 0 bridgehead atoms. The van der Waals surface area contributed by atoms with E-state index in [4.69, 9.17) is 4.42 Å². The molecular formula is C15H18BrN3O. The first-order valence-electron chi connectivity index (χ1n) is 7.05. The van der Waals surface area contributed by atoms with E-state index in [2.05, 4.69) is 37.7 Å². The molecule has 5 heteroatoms. The number of rotatable bonds is 4. The van der Waals surface area contributed by atoms with Crippen molar-refractivity contribution in [3.05, 3.63) is 45.8 Å². The van der Waals surface area contributed by atoms with Crippen molar-refractivity contribution in [2.45, 2.75) is 39.3 Å². The van der Waals surface area contributed by atoms with Crippen LogP contribution in [-0.2, 0) is 25.9 Å². The van der Waals surface area contributed by atoms with E-state index in [0.717, 1.165) is 55.2 Å². The van der Waals surface area contributed by atoms with Crippen LogP contribution < -0.4 is 0 Å². The van der Waals surface area contributed by atoms with Crippen molar-refractivity contribution in [1.82, 2.24) is 14.9 Å². The quantitative estimate of drug-likeness (QED) is 0.859. The number of aryl methyl sites for hydroxylation is 1. The molecule has 0 fully saturated rings. The molecule has 1 aliphatic rings. The second-order valence-corrected chi connectivity index (χ2v) is 5.96. The van der Waals surface area contributed by atoms with Gasteiger partial charge in [-0.2, -0.15) is 0 Å². The highest BCUT2D eigenvalue weighted by Gasteiger charge is 2.19. The second-order valence-electron chi connectivity index (χ2n) is 5.17. The van der Waals surface area contributed by atoms with Gasteiger partial charge in [-0.05, 0) is 34.5 Å². The van der Waals surface area contributed by atoms with Gasteiger partial charge in [0.2, 0.25) is 0 Å². The number of hydrogen-bond donors (Lipinski definition) is 0. The molecule has 0 radical (unpaired) electrons. The molecule has 0 saturated heterocycles. The van der Waals surface area contributed by atoms with Crippen LogP contribution in [-0.4, -0.2) is 21.4 Å². The van der Waals surface area contributed by atoms with Crippen molar-refractivity contribution in [2.24, 2.45) is 0 Å². The summed E-state index contributed by atoms with van der Waals surface area (Å²) >= 11 is 3.34. The average Bonchev–Trinajstić information content (AvgIpc) is 2.85. The zero-order chi connectivity index (χ0) is 13.9. The van der Waals surface area contributed by atoms with Gasteiger partial charge in [-0.3, -0.25) is 4.90 Å². The summed E-state index contributed by atoms with van der Waals surface area (Å²) in [6.45, 7) is 4.92. The van der Waals surface area contributed by atoms with Crippen molar-refractivity contribution in [3.63, 3.8) is 0 Å². The van der Waals surface area contributed by atoms with Crippen LogP contribution in [0.1, 0.15) is 36.2 Å². The molecule has 0 unspecified atom stereocenters. The largest absolute Gasteiger partial charge is 0.453 e. The predicted molar refractivity (Wildman–Crippen MR) is 80.3 cm³/mol. The molecule has 0 aromatic carbocycles. The maximum Gasteiger partial charge on any atom is 0.169 e. The van der Waals surface area contributed by atoms with Gasteiger partial charge in [-0.15, -0.1) is 0 Å². The minimum absolute atomic E-state index is 0.789. The first-order chi connectivity index (χ1) is 9.74. The number of hydrogen-bond acceptors (Lipinski definition) is 4. The van der Waals surface area contributed by atoms with Gasteiger partial charge in [0.1, 0.15) is 11.6 Å². The maximum atomic E-state index is 5.57. The molecule has 106 valence electrons. The van der Waals surface area contributed by atoms with Crippen molar-refractivity contribution in [1.29, 1.82) is 0 Å². The van der Waals surface area contributed by atoms with Gasteiger partial charge in [0.25, 0.3) is 0 Å². The third kappa shape index (κ3) is 3.10. The molecule has 0 N–H and O–H groups in total. The van der Waals surface area contributed by atoms with E-state index < -0.39 is 0 Å². The van der Waals surface area contributed by atoms with Gasteiger partial charge in [-0.25, -0.2) is 9.97 Å². The summed E-state index contributed by atoms with van der Waals surface area (Å²) < 4.78 is 6.36. The molecular weight excluding hydrogens is 318 g/mol. The fourth-order valence-electron chi connectivity index (χ4n) is 2.55. The lowest BCUT2D eigenvalue weighted by Crippen LogP contribution is -2.31. The van der Waals surface area contributed by atoms with E-state index in [1.165, 1.54) is 11.3 Å². The Morgan fingerprint density at radius 1 is 1.40 bits per heavy atom. The number of furan rings is 1. The monoisotopic (exact) mass is 335 g/mol. The Bertz CT molecular complexity index is 597. The van der Waals surface area contributed by atoms with E-state index in [1.807, 2.05) is 18.3 Å². The lowest BCUT2D eigenvalue weighted by atomic mass is 10.1. The standard InChI is InChI=1S/C15H18BrN3O/c1-2-3-15-17-8-11-9-19(7-6-13(11)18-15)10-12-4-5-14(16)20-12/h4-5,8H,2-3,6-7,9-10H2,1H3. The summed E-state index contributed by atoms with van der Waals surface area (Å²) in [5.41, 5.74) is 2.47. The Hall–Kier alpha value is -1.20. The molecule has 1 aliphatic heterocycles. The first kappa shape index (κ1) is 13.8. The Morgan fingerprint density at radius 3 is 3.05 bits per heavy atom. The minimum Gasteiger partial charge on any atom is -0.453 e. The Balaban J connectivity index is 1.69. The van der Waals surface area contributed by atoms with Gasteiger partial charge in [0.15, 0.2) is 4.67 Å². The number of aromatic nitrogens is 2. The molecule has 4 nitrogen and oxygen atoms in total. The Morgan fingerprint density at radius 2 is 2.30 bits per heavy atom. The highest BCUT2D eigenvalue weighted by atomic mass is 79.9. The van der Waals surface area contributed by atoms with Crippen LogP contribution in [0.25, 0.3) is 0 Å². The van der Waals surface area contributed by atoms with Gasteiger partial charge in [0.05, 0.1) is 6.54 Å². The summed E-state index contributed by atoms with van der Waals surface area (Å²) in [7, 11) is 0. The average molecular weight is 336 g/mol. The van der Waals surface area contributed by atoms with Gasteiger partial charge >= 0.3 is 0 Å². The third-order valence-electron chi connectivity index (χ3n) is 3.54. The molecule has 20 heavy (non-hydrogen) atoms. The minimum atomic E-state index is 0.789. The molecule has 0 spiro atoms. The van der Waals surface area contributed by atoms with Crippen LogP contribution in [0.15, 0.2) is 27.4 Å². The van der Waals surface area contributed by atoms with Crippen LogP contribution in [0, 0.1) is 0 Å². The van der Waals surface area contributed by atoms with Crippen LogP contribution in [0.2, 0.25) is 0 Å². The number of halogens is 1. The molecule has 0 amide bonds. The van der Waals surface area contributed by atoms with E-state index >= 15 is 0 Å². The molecule has 3 rings (SSSR count). The Kier molecular flexibility index (Phi) is 4.17. The number of fused-ring (bicyclic) bond motifs is 1. The summed E-state index contributed by atoms with van der Waals surface area (Å²) in [4.78, 5) is 11.5. The molecule has 0 saturated carbocycles. The fraction of sp³-hybridized carbons (Fsp3) is 0.467. The third-order valence-corrected chi connectivity index (χ3v) is 3.97. The lowest BCUT2D eigenvalue weighted by molar-refractivity contribution is 0.222. The first-order valence-corrected chi connectivity index (χ1v) is 7.84.